The molecular weight excluding hydrogens is 463 g/mol. The van der Waals surface area contributed by atoms with E-state index in [0.717, 1.165) is 34.7 Å². The molecule has 1 aromatic heterocycles. The maximum atomic E-state index is 12.5. The summed E-state index contributed by atoms with van der Waals surface area (Å²) in [6.07, 6.45) is 0. The van der Waals surface area contributed by atoms with Crippen LogP contribution in [0.4, 0.5) is 11.6 Å². The zero-order chi connectivity index (χ0) is 21.7. The van der Waals surface area contributed by atoms with Crippen LogP contribution in [0.5, 0.6) is 0 Å². The molecule has 30 heavy (non-hydrogen) atoms. The fourth-order valence-electron chi connectivity index (χ4n) is 2.36. The van der Waals surface area contributed by atoms with Crippen LogP contribution in [0.25, 0.3) is 0 Å². The lowest BCUT2D eigenvalue weighted by atomic mass is 10.2. The van der Waals surface area contributed by atoms with Crippen molar-refractivity contribution in [3.63, 3.8) is 0 Å². The Morgan fingerprint density at radius 3 is 1.37 bits per heavy atom. The molecule has 0 saturated carbocycles. The molecule has 0 aliphatic heterocycles. The number of rotatable bonds is 6. The lowest BCUT2D eigenvalue weighted by Crippen LogP contribution is -2.14. The van der Waals surface area contributed by atoms with Crippen molar-refractivity contribution in [1.29, 1.82) is 0 Å². The number of nitrogen functional groups attached to an aromatic ring is 2. The standard InChI is InChI=1S/C20H16Cl2N4O2S2/c21-13-5-1-11(2-6-13)9-29-19(27)15-17(23)26-16(18(24)25-15)20(28)30-10-12-3-7-14(22)8-4-12/h1-8H,9-10H2,(H2,24,25)(H2,23,26). The second-order valence-corrected chi connectivity index (χ2v) is 8.87. The fourth-order valence-corrected chi connectivity index (χ4v) is 4.16. The molecule has 0 radical (unpaired) electrons. The van der Waals surface area contributed by atoms with E-state index in [4.69, 9.17) is 34.7 Å². The van der Waals surface area contributed by atoms with Gasteiger partial charge in [-0.3, -0.25) is 9.59 Å². The molecule has 6 nitrogen and oxygen atoms in total. The predicted octanol–water partition coefficient (Wildman–Crippen LogP) is 5.10. The highest BCUT2D eigenvalue weighted by Gasteiger charge is 2.21. The number of nitrogens with zero attached hydrogens (tertiary/aromatic N) is 2. The molecule has 0 unspecified atom stereocenters. The molecule has 0 aliphatic rings. The molecule has 10 heteroatoms. The Bertz CT molecular complexity index is 990. The third-order valence-corrected chi connectivity index (χ3v) is 6.27. The van der Waals surface area contributed by atoms with Crippen LogP contribution in [0.1, 0.15) is 32.1 Å². The van der Waals surface area contributed by atoms with Crippen LogP contribution in [0.2, 0.25) is 10.0 Å². The fraction of sp³-hybridized carbons (Fsp3) is 0.100. The first-order valence-electron chi connectivity index (χ1n) is 8.59. The summed E-state index contributed by atoms with van der Waals surface area (Å²) in [7, 11) is 0. The highest BCUT2D eigenvalue weighted by Crippen LogP contribution is 2.25. The largest absolute Gasteiger partial charge is 0.382 e. The summed E-state index contributed by atoms with van der Waals surface area (Å²) in [6.45, 7) is 0. The highest BCUT2D eigenvalue weighted by atomic mass is 35.5. The SMILES string of the molecule is Nc1nc(C(=O)SCc2ccc(Cl)cc2)c(N)nc1C(=O)SCc1ccc(Cl)cc1. The van der Waals surface area contributed by atoms with Crippen molar-refractivity contribution in [3.05, 3.63) is 81.1 Å². The van der Waals surface area contributed by atoms with E-state index in [1.165, 1.54) is 0 Å². The lowest BCUT2D eigenvalue weighted by Gasteiger charge is -2.08. The second kappa shape index (κ2) is 10.2. The summed E-state index contributed by atoms with van der Waals surface area (Å²) in [6, 6.07) is 14.3. The average molecular weight is 479 g/mol. The minimum absolute atomic E-state index is 0.0642. The van der Waals surface area contributed by atoms with Gasteiger partial charge < -0.3 is 11.5 Å². The van der Waals surface area contributed by atoms with Crippen LogP contribution < -0.4 is 11.5 Å². The third kappa shape index (κ3) is 5.89. The number of thioether (sulfide) groups is 2. The predicted molar refractivity (Wildman–Crippen MR) is 125 cm³/mol. The minimum Gasteiger partial charge on any atom is -0.382 e. The number of hydrogen-bond donors (Lipinski definition) is 2. The van der Waals surface area contributed by atoms with Gasteiger partial charge in [0.25, 0.3) is 0 Å². The molecule has 3 aromatic rings. The van der Waals surface area contributed by atoms with Crippen molar-refractivity contribution in [3.8, 4) is 0 Å². The Kier molecular flexibility index (Phi) is 7.60. The maximum Gasteiger partial charge on any atom is 0.241 e. The molecule has 0 saturated heterocycles. The Hall–Kier alpha value is -2.26. The van der Waals surface area contributed by atoms with E-state index in [-0.39, 0.29) is 33.3 Å². The Morgan fingerprint density at radius 2 is 1.03 bits per heavy atom. The summed E-state index contributed by atoms with van der Waals surface area (Å²) in [4.78, 5) is 33.0. The summed E-state index contributed by atoms with van der Waals surface area (Å²) >= 11 is 13.7. The normalized spacial score (nSPS) is 10.7. The van der Waals surface area contributed by atoms with Crippen LogP contribution in [-0.2, 0) is 11.5 Å². The second-order valence-electron chi connectivity index (χ2n) is 6.10. The van der Waals surface area contributed by atoms with Crippen molar-refractivity contribution < 1.29 is 9.59 Å². The van der Waals surface area contributed by atoms with Gasteiger partial charge in [-0.05, 0) is 35.4 Å². The van der Waals surface area contributed by atoms with Crippen molar-refractivity contribution in [2.45, 2.75) is 11.5 Å². The van der Waals surface area contributed by atoms with E-state index in [2.05, 4.69) is 9.97 Å². The molecular formula is C20H16Cl2N4O2S2. The monoisotopic (exact) mass is 478 g/mol. The average Bonchev–Trinajstić information content (AvgIpc) is 2.73. The van der Waals surface area contributed by atoms with Crippen molar-refractivity contribution in [1.82, 2.24) is 9.97 Å². The maximum absolute atomic E-state index is 12.5. The van der Waals surface area contributed by atoms with E-state index in [1.54, 1.807) is 24.3 Å². The number of nitrogens with two attached hydrogens (primary N) is 2. The van der Waals surface area contributed by atoms with Gasteiger partial charge in [-0.1, -0.05) is 71.0 Å². The molecule has 0 spiro atoms. The van der Waals surface area contributed by atoms with E-state index < -0.39 is 0 Å². The van der Waals surface area contributed by atoms with Gasteiger partial charge in [0, 0.05) is 21.6 Å². The molecule has 0 aliphatic carbocycles. The first kappa shape index (κ1) is 22.4. The van der Waals surface area contributed by atoms with Crippen LogP contribution >= 0.6 is 46.7 Å². The zero-order valence-electron chi connectivity index (χ0n) is 15.5. The van der Waals surface area contributed by atoms with Crippen LogP contribution in [0, 0.1) is 0 Å². The number of carbonyl (C=O) groups excluding carboxylic acids is 2. The summed E-state index contributed by atoms with van der Waals surface area (Å²) in [5, 5.41) is 0.475. The molecule has 0 bridgehead atoms. The number of carbonyl (C=O) groups is 2. The molecule has 2 aromatic carbocycles. The number of hydrogen-bond acceptors (Lipinski definition) is 8. The lowest BCUT2D eigenvalue weighted by molar-refractivity contribution is 0.107. The smallest absolute Gasteiger partial charge is 0.241 e. The zero-order valence-corrected chi connectivity index (χ0v) is 18.6. The molecule has 1 heterocycles. The first-order valence-corrected chi connectivity index (χ1v) is 11.3. The van der Waals surface area contributed by atoms with E-state index in [0.29, 0.717) is 21.6 Å². The van der Waals surface area contributed by atoms with Crippen LogP contribution in [0.3, 0.4) is 0 Å². The summed E-state index contributed by atoms with van der Waals surface area (Å²) in [5.74, 6) is 0.560. The third-order valence-electron chi connectivity index (χ3n) is 3.90. The first-order chi connectivity index (χ1) is 14.3. The highest BCUT2D eigenvalue weighted by molar-refractivity contribution is 8.13. The van der Waals surface area contributed by atoms with Crippen molar-refractivity contribution in [2.75, 3.05) is 11.5 Å². The number of benzene rings is 2. The van der Waals surface area contributed by atoms with Gasteiger partial charge in [0.1, 0.15) is 0 Å². The number of halogens is 2. The van der Waals surface area contributed by atoms with Gasteiger partial charge in [-0.2, -0.15) is 0 Å². The Morgan fingerprint density at radius 1 is 0.700 bits per heavy atom. The quantitative estimate of drug-likeness (QED) is 0.503. The van der Waals surface area contributed by atoms with Gasteiger partial charge in [0.05, 0.1) is 0 Å². The topological polar surface area (TPSA) is 112 Å². The van der Waals surface area contributed by atoms with E-state index in [1.807, 2.05) is 24.3 Å². The number of aromatic nitrogens is 2. The summed E-state index contributed by atoms with van der Waals surface area (Å²) < 4.78 is 0. The van der Waals surface area contributed by atoms with Gasteiger partial charge in [0.15, 0.2) is 23.0 Å². The Balaban J connectivity index is 1.66. The minimum atomic E-state index is -0.380. The molecule has 0 atom stereocenters. The van der Waals surface area contributed by atoms with E-state index in [9.17, 15) is 9.59 Å². The van der Waals surface area contributed by atoms with Crippen molar-refractivity contribution in [2.24, 2.45) is 0 Å². The molecule has 4 N–H and O–H groups in total. The van der Waals surface area contributed by atoms with Gasteiger partial charge in [0.2, 0.25) is 10.2 Å². The molecule has 3 rings (SSSR count). The summed E-state index contributed by atoms with van der Waals surface area (Å²) in [5.41, 5.74) is 13.5. The molecule has 154 valence electrons. The molecule has 0 amide bonds. The number of anilines is 2. The van der Waals surface area contributed by atoms with Crippen LogP contribution in [0.15, 0.2) is 48.5 Å². The van der Waals surface area contributed by atoms with Gasteiger partial charge in [-0.25, -0.2) is 9.97 Å². The van der Waals surface area contributed by atoms with Crippen LogP contribution in [-0.4, -0.2) is 20.2 Å². The van der Waals surface area contributed by atoms with E-state index >= 15 is 0 Å². The molecule has 0 fully saturated rings. The van der Waals surface area contributed by atoms with Crippen molar-refractivity contribution >= 4 is 68.6 Å². The van der Waals surface area contributed by atoms with Gasteiger partial charge in [-0.15, -0.1) is 0 Å². The van der Waals surface area contributed by atoms with Gasteiger partial charge >= 0.3 is 0 Å². The Labute approximate surface area is 191 Å².